The summed E-state index contributed by atoms with van der Waals surface area (Å²) in [5, 5.41) is 1.11. The van der Waals surface area contributed by atoms with Crippen molar-refractivity contribution in [2.75, 3.05) is 11.9 Å². The fraction of sp³-hybridized carbons (Fsp3) is 0.316. The highest BCUT2D eigenvalue weighted by Gasteiger charge is 2.36. The van der Waals surface area contributed by atoms with Crippen LogP contribution in [0.5, 0.6) is 5.75 Å². The molecule has 2 aromatic carbocycles. The third-order valence-corrected chi connectivity index (χ3v) is 5.64. The first kappa shape index (κ1) is 15.0. The summed E-state index contributed by atoms with van der Waals surface area (Å²) >= 11 is 11.5. The lowest BCUT2D eigenvalue weighted by Crippen LogP contribution is -2.29. The summed E-state index contributed by atoms with van der Waals surface area (Å²) in [6.07, 6.45) is 3.97. The van der Waals surface area contributed by atoms with E-state index in [1.54, 1.807) is 0 Å². The first-order valence-electron chi connectivity index (χ1n) is 7.97. The molecular formula is C19H18ClNOS. The molecule has 2 aliphatic carbocycles. The largest absolute Gasteiger partial charge is 0.432 e. The summed E-state index contributed by atoms with van der Waals surface area (Å²) in [5.74, 6) is 2.32. The van der Waals surface area contributed by atoms with Gasteiger partial charge in [-0.05, 0) is 84.8 Å². The highest BCUT2D eigenvalue weighted by molar-refractivity contribution is 7.80. The van der Waals surface area contributed by atoms with Gasteiger partial charge in [-0.15, -0.1) is 0 Å². The van der Waals surface area contributed by atoms with Gasteiger partial charge in [-0.3, -0.25) is 0 Å². The van der Waals surface area contributed by atoms with Gasteiger partial charge in [0.2, 0.25) is 0 Å². The molecule has 0 amide bonds. The number of rotatable bonds is 2. The van der Waals surface area contributed by atoms with Crippen molar-refractivity contribution < 1.29 is 4.74 Å². The number of hydrogen-bond acceptors (Lipinski definition) is 2. The molecule has 0 aromatic heterocycles. The third kappa shape index (κ3) is 2.73. The fourth-order valence-electron chi connectivity index (χ4n) is 3.85. The van der Waals surface area contributed by atoms with E-state index in [1.165, 1.54) is 30.4 Å². The van der Waals surface area contributed by atoms with Crippen LogP contribution in [-0.2, 0) is 0 Å². The second-order valence-corrected chi connectivity index (χ2v) is 7.19. The van der Waals surface area contributed by atoms with Gasteiger partial charge in [0.1, 0.15) is 5.75 Å². The van der Waals surface area contributed by atoms with Gasteiger partial charge < -0.3 is 9.64 Å². The van der Waals surface area contributed by atoms with Crippen molar-refractivity contribution in [3.63, 3.8) is 0 Å². The van der Waals surface area contributed by atoms with Crippen LogP contribution >= 0.6 is 23.8 Å². The number of anilines is 1. The second-order valence-electron chi connectivity index (χ2n) is 6.40. The van der Waals surface area contributed by atoms with Gasteiger partial charge in [-0.1, -0.05) is 23.7 Å². The molecule has 0 heterocycles. The molecule has 0 aliphatic heterocycles. The lowest BCUT2D eigenvalue weighted by atomic mass is 9.92. The van der Waals surface area contributed by atoms with E-state index in [1.807, 2.05) is 42.3 Å². The Morgan fingerprint density at radius 3 is 2.70 bits per heavy atom. The predicted octanol–water partition coefficient (Wildman–Crippen LogP) is 5.50. The quantitative estimate of drug-likeness (QED) is 0.667. The maximum atomic E-state index is 6.04. The minimum atomic E-state index is 0.426. The summed E-state index contributed by atoms with van der Waals surface area (Å²) < 4.78 is 5.92. The van der Waals surface area contributed by atoms with Crippen molar-refractivity contribution in [1.29, 1.82) is 0 Å². The Bertz CT molecular complexity index is 776. The summed E-state index contributed by atoms with van der Waals surface area (Å²) in [4.78, 5) is 1.83. The molecule has 2 aromatic rings. The van der Waals surface area contributed by atoms with Crippen LogP contribution in [0.15, 0.2) is 42.5 Å². The van der Waals surface area contributed by atoms with Crippen LogP contribution in [-0.4, -0.2) is 12.2 Å². The van der Waals surface area contributed by atoms with Gasteiger partial charge in [0.05, 0.1) is 0 Å². The number of benzene rings is 2. The number of thiocarbonyl (C=S) groups is 1. The number of fused-ring (bicyclic) bond motifs is 5. The molecule has 0 radical (unpaired) electrons. The normalized spacial score (nSPS) is 21.1. The van der Waals surface area contributed by atoms with Crippen LogP contribution in [0.2, 0.25) is 5.02 Å². The molecule has 118 valence electrons. The van der Waals surface area contributed by atoms with Crippen molar-refractivity contribution in [2.24, 2.45) is 0 Å². The van der Waals surface area contributed by atoms with Crippen molar-refractivity contribution in [3.05, 3.63) is 58.6 Å². The Labute approximate surface area is 147 Å². The molecule has 0 saturated heterocycles. The SMILES string of the molecule is CN(C(=S)Oc1ccc2c(c1)C1CCC2C1)c1cccc(Cl)c1. The minimum Gasteiger partial charge on any atom is -0.432 e. The molecule has 2 atom stereocenters. The average Bonchev–Trinajstić information content (AvgIpc) is 3.16. The molecule has 2 unspecified atom stereocenters. The molecular weight excluding hydrogens is 326 g/mol. The van der Waals surface area contributed by atoms with E-state index >= 15 is 0 Å². The van der Waals surface area contributed by atoms with E-state index in [4.69, 9.17) is 28.6 Å². The monoisotopic (exact) mass is 343 g/mol. The van der Waals surface area contributed by atoms with Crippen LogP contribution in [0.1, 0.15) is 42.2 Å². The highest BCUT2D eigenvalue weighted by Crippen LogP contribution is 2.53. The number of halogens is 1. The zero-order chi connectivity index (χ0) is 16.0. The van der Waals surface area contributed by atoms with Crippen LogP contribution in [0.4, 0.5) is 5.69 Å². The number of hydrogen-bond donors (Lipinski definition) is 0. The van der Waals surface area contributed by atoms with Crippen LogP contribution < -0.4 is 9.64 Å². The maximum absolute atomic E-state index is 6.04. The Morgan fingerprint density at radius 1 is 1.13 bits per heavy atom. The van der Waals surface area contributed by atoms with Crippen molar-refractivity contribution >= 4 is 34.7 Å². The van der Waals surface area contributed by atoms with E-state index in [9.17, 15) is 0 Å². The zero-order valence-corrected chi connectivity index (χ0v) is 14.5. The average molecular weight is 344 g/mol. The molecule has 1 saturated carbocycles. The number of nitrogens with zero attached hydrogens (tertiary/aromatic N) is 1. The van der Waals surface area contributed by atoms with Crippen molar-refractivity contribution in [1.82, 2.24) is 0 Å². The molecule has 0 spiro atoms. The lowest BCUT2D eigenvalue weighted by Gasteiger charge is -2.21. The standard InChI is InChI=1S/C19H18ClNOS/c1-21(15-4-2-3-14(20)10-15)19(23)22-16-7-8-17-12-5-6-13(9-12)18(17)11-16/h2-4,7-8,10-13H,5-6,9H2,1H3. The van der Waals surface area contributed by atoms with Gasteiger partial charge >= 0.3 is 0 Å². The van der Waals surface area contributed by atoms with Crippen LogP contribution in [0.25, 0.3) is 0 Å². The molecule has 2 aliphatic rings. The van der Waals surface area contributed by atoms with Gasteiger partial charge in [0.15, 0.2) is 0 Å². The smallest absolute Gasteiger partial charge is 0.269 e. The minimum absolute atomic E-state index is 0.426. The molecule has 0 N–H and O–H groups in total. The number of ether oxygens (including phenoxy) is 1. The van der Waals surface area contributed by atoms with Crippen LogP contribution in [0.3, 0.4) is 0 Å². The third-order valence-electron chi connectivity index (χ3n) is 5.05. The molecule has 2 nitrogen and oxygen atoms in total. The van der Waals surface area contributed by atoms with Crippen LogP contribution in [0, 0.1) is 0 Å². The van der Waals surface area contributed by atoms with Gasteiger partial charge in [-0.2, -0.15) is 0 Å². The highest BCUT2D eigenvalue weighted by atomic mass is 35.5. The van der Waals surface area contributed by atoms with Crippen molar-refractivity contribution in [3.8, 4) is 5.75 Å². The molecule has 23 heavy (non-hydrogen) atoms. The second kappa shape index (κ2) is 5.81. The molecule has 4 heteroatoms. The first-order valence-corrected chi connectivity index (χ1v) is 8.75. The first-order chi connectivity index (χ1) is 11.1. The van der Waals surface area contributed by atoms with Gasteiger partial charge in [-0.25, -0.2) is 0 Å². The van der Waals surface area contributed by atoms with Gasteiger partial charge in [0, 0.05) is 17.8 Å². The maximum Gasteiger partial charge on any atom is 0.269 e. The fourth-order valence-corrected chi connectivity index (χ4v) is 4.23. The Balaban J connectivity index is 1.52. The molecule has 4 rings (SSSR count). The van der Waals surface area contributed by atoms with E-state index < -0.39 is 0 Å². The lowest BCUT2D eigenvalue weighted by molar-refractivity contribution is 0.549. The summed E-state index contributed by atoms with van der Waals surface area (Å²) in [5.41, 5.74) is 3.90. The van der Waals surface area contributed by atoms with E-state index in [-0.39, 0.29) is 0 Å². The Morgan fingerprint density at radius 2 is 1.91 bits per heavy atom. The summed E-state index contributed by atoms with van der Waals surface area (Å²) in [7, 11) is 1.89. The topological polar surface area (TPSA) is 12.5 Å². The van der Waals surface area contributed by atoms with E-state index in [0.717, 1.165) is 23.3 Å². The molecule has 2 bridgehead atoms. The Hall–Kier alpha value is -1.58. The zero-order valence-electron chi connectivity index (χ0n) is 13.0. The van der Waals surface area contributed by atoms with E-state index in [2.05, 4.69) is 12.1 Å². The predicted molar refractivity (Wildman–Crippen MR) is 98.9 cm³/mol. The van der Waals surface area contributed by atoms with Gasteiger partial charge in [0.25, 0.3) is 5.17 Å². The van der Waals surface area contributed by atoms with E-state index in [0.29, 0.717) is 10.2 Å². The molecule has 1 fully saturated rings. The summed E-state index contributed by atoms with van der Waals surface area (Å²) in [6.45, 7) is 0. The van der Waals surface area contributed by atoms with Crippen molar-refractivity contribution in [2.45, 2.75) is 31.1 Å². The summed E-state index contributed by atoms with van der Waals surface area (Å²) in [6, 6.07) is 14.0. The Kier molecular flexibility index (Phi) is 3.78.